The molecule has 1 heterocycles. The summed E-state index contributed by atoms with van der Waals surface area (Å²) >= 11 is 0. The topological polar surface area (TPSA) is 37.4 Å². The van der Waals surface area contributed by atoms with Crippen LogP contribution < -0.4 is 4.90 Å². The lowest BCUT2D eigenvalue weighted by Crippen LogP contribution is -2.35. The maximum absolute atomic E-state index is 12.7. The Kier molecular flexibility index (Phi) is 4.79. The summed E-state index contributed by atoms with van der Waals surface area (Å²) in [7, 11) is 0. The molecule has 0 atom stereocenters. The summed E-state index contributed by atoms with van der Waals surface area (Å²) in [4.78, 5) is 26.2. The van der Waals surface area contributed by atoms with Crippen molar-refractivity contribution >= 4 is 17.4 Å². The largest absolute Gasteiger partial charge is 0.312 e. The number of benzene rings is 2. The van der Waals surface area contributed by atoms with Crippen LogP contribution in [0.25, 0.3) is 0 Å². The fourth-order valence-electron chi connectivity index (χ4n) is 3.19. The first-order valence-electron chi connectivity index (χ1n) is 8.54. The Morgan fingerprint density at radius 1 is 1.08 bits per heavy atom. The first-order valence-corrected chi connectivity index (χ1v) is 8.54. The lowest BCUT2D eigenvalue weighted by atomic mass is 9.97. The molecule has 0 aliphatic carbocycles. The molecule has 0 saturated carbocycles. The maximum Gasteiger partial charge on any atom is 0.227 e. The van der Waals surface area contributed by atoms with E-state index in [1.165, 1.54) is 11.1 Å². The Labute approximate surface area is 143 Å². The molecular formula is C21H23NO2. The summed E-state index contributed by atoms with van der Waals surface area (Å²) in [6, 6.07) is 14.1. The third kappa shape index (κ3) is 3.56. The van der Waals surface area contributed by atoms with E-state index in [-0.39, 0.29) is 11.7 Å². The van der Waals surface area contributed by atoms with Crippen LogP contribution in [0.5, 0.6) is 0 Å². The molecule has 1 aliphatic heterocycles. The summed E-state index contributed by atoms with van der Waals surface area (Å²) in [6.45, 7) is 4.36. The van der Waals surface area contributed by atoms with E-state index >= 15 is 0 Å². The minimum Gasteiger partial charge on any atom is -0.312 e. The summed E-state index contributed by atoms with van der Waals surface area (Å²) in [5, 5.41) is 0. The second-order valence-corrected chi connectivity index (χ2v) is 6.53. The van der Waals surface area contributed by atoms with Gasteiger partial charge in [-0.25, -0.2) is 0 Å². The van der Waals surface area contributed by atoms with Crippen molar-refractivity contribution in [2.24, 2.45) is 0 Å². The SMILES string of the molecule is CC(=O)c1ccc2c(c1)N(C(=O)CCc1ccc(C)cc1)CCC2. The number of hydrogen-bond acceptors (Lipinski definition) is 2. The highest BCUT2D eigenvalue weighted by molar-refractivity contribution is 5.99. The number of nitrogens with zero attached hydrogens (tertiary/aromatic N) is 1. The minimum absolute atomic E-state index is 0.0374. The maximum atomic E-state index is 12.7. The van der Waals surface area contributed by atoms with Gasteiger partial charge in [0.15, 0.2) is 5.78 Å². The van der Waals surface area contributed by atoms with Crippen LogP contribution in [0.1, 0.15) is 46.8 Å². The highest BCUT2D eigenvalue weighted by atomic mass is 16.2. The molecule has 0 fully saturated rings. The number of Topliss-reactive ketones (excluding diaryl/α,β-unsaturated/α-hetero) is 1. The van der Waals surface area contributed by atoms with Crippen molar-refractivity contribution in [3.05, 3.63) is 64.7 Å². The molecule has 3 nitrogen and oxygen atoms in total. The average Bonchev–Trinajstić information content (AvgIpc) is 2.60. The number of ketones is 1. The second kappa shape index (κ2) is 7.00. The van der Waals surface area contributed by atoms with Crippen LogP contribution in [0.2, 0.25) is 0 Å². The lowest BCUT2D eigenvalue weighted by molar-refractivity contribution is -0.118. The van der Waals surface area contributed by atoms with Gasteiger partial charge in [0.05, 0.1) is 0 Å². The van der Waals surface area contributed by atoms with Gasteiger partial charge in [0.2, 0.25) is 5.91 Å². The van der Waals surface area contributed by atoms with Gasteiger partial charge in [0.1, 0.15) is 0 Å². The predicted molar refractivity (Wildman–Crippen MR) is 96.6 cm³/mol. The Morgan fingerprint density at radius 3 is 2.54 bits per heavy atom. The second-order valence-electron chi connectivity index (χ2n) is 6.53. The number of anilines is 1. The molecule has 2 aromatic rings. The molecule has 24 heavy (non-hydrogen) atoms. The van der Waals surface area contributed by atoms with Crippen molar-refractivity contribution in [1.29, 1.82) is 0 Å². The standard InChI is InChI=1S/C21H23NO2/c1-15-5-7-17(8-6-15)9-12-21(24)22-13-3-4-18-10-11-19(16(2)23)14-20(18)22/h5-8,10-11,14H,3-4,9,12-13H2,1-2H3. The number of fused-ring (bicyclic) bond motifs is 1. The molecule has 124 valence electrons. The van der Waals surface area contributed by atoms with Crippen LogP contribution in [0, 0.1) is 6.92 Å². The van der Waals surface area contributed by atoms with E-state index in [2.05, 4.69) is 31.2 Å². The quantitative estimate of drug-likeness (QED) is 0.795. The van der Waals surface area contributed by atoms with Gasteiger partial charge in [-0.05, 0) is 50.3 Å². The van der Waals surface area contributed by atoms with E-state index in [0.717, 1.165) is 37.1 Å². The van der Waals surface area contributed by atoms with Gasteiger partial charge in [-0.1, -0.05) is 42.0 Å². The Hall–Kier alpha value is -2.42. The Morgan fingerprint density at radius 2 is 1.83 bits per heavy atom. The lowest BCUT2D eigenvalue weighted by Gasteiger charge is -2.30. The molecule has 0 saturated heterocycles. The fraction of sp³-hybridized carbons (Fsp3) is 0.333. The van der Waals surface area contributed by atoms with Gasteiger partial charge in [-0.3, -0.25) is 9.59 Å². The van der Waals surface area contributed by atoms with Crippen LogP contribution in [0.4, 0.5) is 5.69 Å². The predicted octanol–water partition coefficient (Wildman–Crippen LogP) is 4.11. The van der Waals surface area contributed by atoms with E-state index in [4.69, 9.17) is 0 Å². The van der Waals surface area contributed by atoms with Gasteiger partial charge in [-0.2, -0.15) is 0 Å². The average molecular weight is 321 g/mol. The van der Waals surface area contributed by atoms with Crippen LogP contribution in [-0.2, 0) is 17.6 Å². The monoisotopic (exact) mass is 321 g/mol. The molecule has 0 unspecified atom stereocenters. The molecule has 0 bridgehead atoms. The molecule has 3 heteroatoms. The zero-order valence-corrected chi connectivity index (χ0v) is 14.3. The smallest absolute Gasteiger partial charge is 0.227 e. The minimum atomic E-state index is 0.0374. The van der Waals surface area contributed by atoms with Crippen LogP contribution in [0.3, 0.4) is 0 Å². The van der Waals surface area contributed by atoms with Crippen LogP contribution >= 0.6 is 0 Å². The molecule has 1 aliphatic rings. The molecule has 0 radical (unpaired) electrons. The number of hydrogen-bond donors (Lipinski definition) is 0. The van der Waals surface area contributed by atoms with E-state index in [1.807, 2.05) is 23.1 Å². The van der Waals surface area contributed by atoms with Crippen molar-refractivity contribution in [3.8, 4) is 0 Å². The highest BCUT2D eigenvalue weighted by Crippen LogP contribution is 2.29. The van der Waals surface area contributed by atoms with Crippen molar-refractivity contribution in [2.75, 3.05) is 11.4 Å². The van der Waals surface area contributed by atoms with Crippen molar-refractivity contribution < 1.29 is 9.59 Å². The van der Waals surface area contributed by atoms with Gasteiger partial charge < -0.3 is 4.90 Å². The zero-order chi connectivity index (χ0) is 17.1. The molecule has 0 N–H and O–H groups in total. The summed E-state index contributed by atoms with van der Waals surface area (Å²) in [6.07, 6.45) is 3.18. The van der Waals surface area contributed by atoms with Crippen LogP contribution in [-0.4, -0.2) is 18.2 Å². The molecule has 1 amide bonds. The third-order valence-corrected chi connectivity index (χ3v) is 4.66. The third-order valence-electron chi connectivity index (χ3n) is 4.66. The number of carbonyl (C=O) groups excluding carboxylic acids is 2. The molecule has 0 aromatic heterocycles. The molecular weight excluding hydrogens is 298 g/mol. The van der Waals surface area contributed by atoms with E-state index in [9.17, 15) is 9.59 Å². The van der Waals surface area contributed by atoms with Crippen molar-refractivity contribution in [2.45, 2.75) is 39.5 Å². The number of rotatable bonds is 4. The first-order chi connectivity index (χ1) is 11.5. The van der Waals surface area contributed by atoms with Gasteiger partial charge >= 0.3 is 0 Å². The molecule has 3 rings (SSSR count). The number of amides is 1. The van der Waals surface area contributed by atoms with E-state index in [1.54, 1.807) is 6.92 Å². The highest BCUT2D eigenvalue weighted by Gasteiger charge is 2.23. The van der Waals surface area contributed by atoms with Crippen molar-refractivity contribution in [3.63, 3.8) is 0 Å². The van der Waals surface area contributed by atoms with Crippen molar-refractivity contribution in [1.82, 2.24) is 0 Å². The fourth-order valence-corrected chi connectivity index (χ4v) is 3.19. The molecule has 0 spiro atoms. The normalized spacial score (nSPS) is 13.5. The molecule has 2 aromatic carbocycles. The van der Waals surface area contributed by atoms with Gasteiger partial charge in [0, 0.05) is 24.2 Å². The van der Waals surface area contributed by atoms with Crippen LogP contribution in [0.15, 0.2) is 42.5 Å². The summed E-state index contributed by atoms with van der Waals surface area (Å²) in [5.74, 6) is 0.174. The van der Waals surface area contributed by atoms with Gasteiger partial charge in [-0.15, -0.1) is 0 Å². The Balaban J connectivity index is 1.75. The summed E-state index contributed by atoms with van der Waals surface area (Å²) < 4.78 is 0. The first kappa shape index (κ1) is 16.4. The Bertz CT molecular complexity index is 762. The number of carbonyl (C=O) groups is 2. The van der Waals surface area contributed by atoms with Gasteiger partial charge in [0.25, 0.3) is 0 Å². The van der Waals surface area contributed by atoms with E-state index < -0.39 is 0 Å². The van der Waals surface area contributed by atoms with E-state index in [0.29, 0.717) is 12.0 Å². The summed E-state index contributed by atoms with van der Waals surface area (Å²) in [5.41, 5.74) is 5.17. The number of aryl methyl sites for hydroxylation is 3. The zero-order valence-electron chi connectivity index (χ0n) is 14.3.